The third-order valence-corrected chi connectivity index (χ3v) is 3.67. The van der Waals surface area contributed by atoms with E-state index in [1.165, 1.54) is 0 Å². The van der Waals surface area contributed by atoms with Crippen LogP contribution in [-0.4, -0.2) is 48.4 Å². The van der Waals surface area contributed by atoms with Gasteiger partial charge >= 0.3 is 6.09 Å². The maximum Gasteiger partial charge on any atom is 0.407 e. The number of aliphatic hydroxyl groups excluding tert-OH is 1. The van der Waals surface area contributed by atoms with E-state index in [4.69, 9.17) is 9.84 Å². The van der Waals surface area contributed by atoms with Crippen molar-refractivity contribution in [3.63, 3.8) is 0 Å². The van der Waals surface area contributed by atoms with Gasteiger partial charge in [-0.1, -0.05) is 30.3 Å². The van der Waals surface area contributed by atoms with Crippen LogP contribution in [0.1, 0.15) is 24.8 Å². The minimum Gasteiger partial charge on any atom is -0.445 e. The topological polar surface area (TPSA) is 61.8 Å². The Balaban J connectivity index is 1.69. The van der Waals surface area contributed by atoms with Gasteiger partial charge in [-0.25, -0.2) is 4.79 Å². The molecule has 2 N–H and O–H groups in total. The van der Waals surface area contributed by atoms with Gasteiger partial charge in [-0.3, -0.25) is 0 Å². The molecule has 1 unspecified atom stereocenters. The highest BCUT2D eigenvalue weighted by atomic mass is 16.5. The van der Waals surface area contributed by atoms with Crippen LogP contribution < -0.4 is 5.32 Å². The molecule has 1 aliphatic rings. The molecule has 116 valence electrons. The third-order valence-electron chi connectivity index (χ3n) is 3.67. The third kappa shape index (κ3) is 5.73. The second kappa shape index (κ2) is 8.64. The van der Waals surface area contributed by atoms with Crippen LogP contribution in [0, 0.1) is 0 Å². The zero-order valence-electron chi connectivity index (χ0n) is 12.3. The summed E-state index contributed by atoms with van der Waals surface area (Å²) in [5.74, 6) is 0. The first-order chi connectivity index (χ1) is 10.3. The van der Waals surface area contributed by atoms with E-state index in [-0.39, 0.29) is 18.7 Å². The average Bonchev–Trinajstić information content (AvgIpc) is 2.52. The second-order valence-electron chi connectivity index (χ2n) is 5.42. The number of carbonyl (C=O) groups excluding carboxylic acids is 1. The quantitative estimate of drug-likeness (QED) is 0.838. The zero-order chi connectivity index (χ0) is 14.9. The Morgan fingerprint density at radius 2 is 2.19 bits per heavy atom. The van der Waals surface area contributed by atoms with Gasteiger partial charge in [-0.05, 0) is 31.4 Å². The molecule has 1 saturated heterocycles. The molecule has 2 rings (SSSR count). The maximum atomic E-state index is 11.8. The Labute approximate surface area is 125 Å². The number of piperidine rings is 1. The molecular weight excluding hydrogens is 268 g/mol. The number of hydrogen-bond donors (Lipinski definition) is 2. The Morgan fingerprint density at radius 3 is 2.95 bits per heavy atom. The van der Waals surface area contributed by atoms with Crippen molar-refractivity contribution in [2.24, 2.45) is 0 Å². The predicted octanol–water partition coefficient (Wildman–Crippen LogP) is 1.76. The zero-order valence-corrected chi connectivity index (χ0v) is 12.3. The molecule has 1 aromatic rings. The van der Waals surface area contributed by atoms with E-state index < -0.39 is 0 Å². The van der Waals surface area contributed by atoms with Gasteiger partial charge in [0.2, 0.25) is 0 Å². The van der Waals surface area contributed by atoms with Gasteiger partial charge in [-0.15, -0.1) is 0 Å². The lowest BCUT2D eigenvalue weighted by Gasteiger charge is -2.32. The van der Waals surface area contributed by atoms with E-state index in [9.17, 15) is 4.79 Å². The number of likely N-dealkylation sites (tertiary alicyclic amines) is 1. The van der Waals surface area contributed by atoms with Crippen molar-refractivity contribution in [2.75, 3.05) is 26.2 Å². The lowest BCUT2D eigenvalue weighted by Crippen LogP contribution is -2.48. The van der Waals surface area contributed by atoms with Crippen LogP contribution in [0.2, 0.25) is 0 Å². The minimum atomic E-state index is -0.354. The molecular formula is C16H24N2O3. The lowest BCUT2D eigenvalue weighted by atomic mass is 10.1. The summed E-state index contributed by atoms with van der Waals surface area (Å²) in [7, 11) is 0. The molecule has 0 saturated carbocycles. The summed E-state index contributed by atoms with van der Waals surface area (Å²) in [6, 6.07) is 9.80. The number of rotatable bonds is 6. The second-order valence-corrected chi connectivity index (χ2v) is 5.42. The first-order valence-corrected chi connectivity index (χ1v) is 7.58. The van der Waals surface area contributed by atoms with Crippen LogP contribution in [0.3, 0.4) is 0 Å². The first kappa shape index (κ1) is 15.8. The van der Waals surface area contributed by atoms with Crippen molar-refractivity contribution in [3.8, 4) is 0 Å². The monoisotopic (exact) mass is 292 g/mol. The number of alkyl carbamates (subject to hydrolysis) is 1. The van der Waals surface area contributed by atoms with E-state index in [0.29, 0.717) is 6.61 Å². The molecule has 0 spiro atoms. The van der Waals surface area contributed by atoms with Crippen LogP contribution in [-0.2, 0) is 11.3 Å². The van der Waals surface area contributed by atoms with E-state index in [0.717, 1.165) is 44.5 Å². The predicted molar refractivity (Wildman–Crippen MR) is 80.9 cm³/mol. The van der Waals surface area contributed by atoms with Crippen molar-refractivity contribution in [1.82, 2.24) is 10.2 Å². The summed E-state index contributed by atoms with van der Waals surface area (Å²) in [5.41, 5.74) is 0.987. The molecule has 1 aromatic carbocycles. The molecule has 0 aromatic heterocycles. The van der Waals surface area contributed by atoms with E-state index in [1.54, 1.807) is 0 Å². The highest BCUT2D eigenvalue weighted by Crippen LogP contribution is 2.11. The number of nitrogens with one attached hydrogen (secondary N) is 1. The number of amides is 1. The molecule has 0 radical (unpaired) electrons. The molecule has 1 fully saturated rings. The van der Waals surface area contributed by atoms with Crippen LogP contribution in [0.5, 0.6) is 0 Å². The number of carbonyl (C=O) groups is 1. The van der Waals surface area contributed by atoms with Gasteiger partial charge in [0.25, 0.3) is 0 Å². The lowest BCUT2D eigenvalue weighted by molar-refractivity contribution is 0.122. The molecule has 1 aliphatic heterocycles. The fourth-order valence-electron chi connectivity index (χ4n) is 2.60. The molecule has 1 amide bonds. The largest absolute Gasteiger partial charge is 0.445 e. The summed E-state index contributed by atoms with van der Waals surface area (Å²) in [4.78, 5) is 14.1. The summed E-state index contributed by atoms with van der Waals surface area (Å²) in [6.07, 6.45) is 2.48. The van der Waals surface area contributed by atoms with E-state index in [2.05, 4.69) is 10.2 Å². The number of hydrogen-bond acceptors (Lipinski definition) is 4. The van der Waals surface area contributed by atoms with Crippen molar-refractivity contribution in [2.45, 2.75) is 31.9 Å². The Morgan fingerprint density at radius 1 is 1.38 bits per heavy atom. The first-order valence-electron chi connectivity index (χ1n) is 7.58. The molecule has 0 aliphatic carbocycles. The molecule has 1 atom stereocenters. The SMILES string of the molecule is O=C(NC1CCCN(CCCO)C1)OCc1ccccc1. The van der Waals surface area contributed by atoms with Gasteiger partial charge in [0.05, 0.1) is 0 Å². The van der Waals surface area contributed by atoms with E-state index in [1.807, 2.05) is 30.3 Å². The molecule has 5 nitrogen and oxygen atoms in total. The Kier molecular flexibility index (Phi) is 6.50. The minimum absolute atomic E-state index is 0.140. The van der Waals surface area contributed by atoms with Crippen molar-refractivity contribution < 1.29 is 14.6 Å². The number of ether oxygens (including phenoxy) is 1. The van der Waals surface area contributed by atoms with Gasteiger partial charge in [0.1, 0.15) is 6.61 Å². The summed E-state index contributed by atoms with van der Waals surface area (Å²) in [5, 5.41) is 11.8. The highest BCUT2D eigenvalue weighted by Gasteiger charge is 2.21. The average molecular weight is 292 g/mol. The van der Waals surface area contributed by atoms with Crippen molar-refractivity contribution in [3.05, 3.63) is 35.9 Å². The van der Waals surface area contributed by atoms with Gasteiger partial charge in [-0.2, -0.15) is 0 Å². The van der Waals surface area contributed by atoms with Crippen LogP contribution >= 0.6 is 0 Å². The standard InChI is InChI=1S/C16H24N2O3/c19-11-5-10-18-9-4-8-15(12-18)17-16(20)21-13-14-6-2-1-3-7-14/h1-3,6-7,15,19H,4-5,8-13H2,(H,17,20). The molecule has 5 heteroatoms. The van der Waals surface area contributed by atoms with Crippen molar-refractivity contribution in [1.29, 1.82) is 0 Å². The van der Waals surface area contributed by atoms with Crippen LogP contribution in [0.25, 0.3) is 0 Å². The number of nitrogens with zero attached hydrogens (tertiary/aromatic N) is 1. The fraction of sp³-hybridized carbons (Fsp3) is 0.562. The van der Waals surface area contributed by atoms with E-state index >= 15 is 0 Å². The maximum absolute atomic E-state index is 11.8. The Bertz CT molecular complexity index is 425. The highest BCUT2D eigenvalue weighted by molar-refractivity contribution is 5.67. The fourth-order valence-corrected chi connectivity index (χ4v) is 2.60. The van der Waals surface area contributed by atoms with Crippen LogP contribution in [0.4, 0.5) is 4.79 Å². The summed E-state index contributed by atoms with van der Waals surface area (Å²) < 4.78 is 5.24. The number of benzene rings is 1. The summed E-state index contributed by atoms with van der Waals surface area (Å²) >= 11 is 0. The smallest absolute Gasteiger partial charge is 0.407 e. The van der Waals surface area contributed by atoms with Gasteiger partial charge in [0, 0.05) is 25.7 Å². The summed E-state index contributed by atoms with van der Waals surface area (Å²) in [6.45, 7) is 3.27. The molecule has 21 heavy (non-hydrogen) atoms. The molecule has 0 bridgehead atoms. The van der Waals surface area contributed by atoms with Gasteiger partial charge < -0.3 is 20.1 Å². The molecule has 1 heterocycles. The normalized spacial score (nSPS) is 19.2. The number of aliphatic hydroxyl groups is 1. The van der Waals surface area contributed by atoms with Crippen molar-refractivity contribution >= 4 is 6.09 Å². The van der Waals surface area contributed by atoms with Gasteiger partial charge in [0.15, 0.2) is 0 Å². The Hall–Kier alpha value is -1.59. The van der Waals surface area contributed by atoms with Crippen LogP contribution in [0.15, 0.2) is 30.3 Å².